The van der Waals surface area contributed by atoms with Crippen molar-refractivity contribution in [3.63, 3.8) is 0 Å². The van der Waals surface area contributed by atoms with Gasteiger partial charge in [0.1, 0.15) is 11.9 Å². The highest BCUT2D eigenvalue weighted by atomic mass is 16.6. The predicted molar refractivity (Wildman–Crippen MR) is 157 cm³/mol. The van der Waals surface area contributed by atoms with Crippen LogP contribution in [-0.4, -0.2) is 82.2 Å². The van der Waals surface area contributed by atoms with Crippen LogP contribution < -0.4 is 24.8 Å². The van der Waals surface area contributed by atoms with Gasteiger partial charge in [-0.25, -0.2) is 4.79 Å². The Bertz CT molecular complexity index is 1120. The maximum atomic E-state index is 13.7. The molecule has 2 amide bonds. The molecule has 0 unspecified atom stereocenters. The fourth-order valence-corrected chi connectivity index (χ4v) is 4.65. The summed E-state index contributed by atoms with van der Waals surface area (Å²) < 4.78 is 28.0. The minimum Gasteiger partial charge on any atom is -0.493 e. The second-order valence-corrected chi connectivity index (χ2v) is 10.6. The van der Waals surface area contributed by atoms with Crippen molar-refractivity contribution >= 4 is 12.0 Å². The summed E-state index contributed by atoms with van der Waals surface area (Å²) in [5.74, 6) is 1.62. The molecule has 41 heavy (non-hydrogen) atoms. The van der Waals surface area contributed by atoms with E-state index in [2.05, 4.69) is 10.6 Å². The van der Waals surface area contributed by atoms with Gasteiger partial charge in [0, 0.05) is 69.4 Å². The van der Waals surface area contributed by atoms with Crippen molar-refractivity contribution in [2.24, 2.45) is 5.92 Å². The largest absolute Gasteiger partial charge is 0.493 e. The van der Waals surface area contributed by atoms with Crippen LogP contribution in [0.5, 0.6) is 17.2 Å². The molecule has 0 saturated carbocycles. The van der Waals surface area contributed by atoms with Crippen LogP contribution in [0, 0.1) is 5.92 Å². The lowest BCUT2D eigenvalue weighted by Crippen LogP contribution is -2.44. The number of ether oxygens (including phenoxy) is 5. The number of hydrogen-bond acceptors (Lipinski definition) is 8. The Morgan fingerprint density at radius 1 is 1.00 bits per heavy atom. The minimum absolute atomic E-state index is 0.0259. The normalized spacial score (nSPS) is 16.5. The molecular weight excluding hydrogens is 526 g/mol. The first-order valence-electron chi connectivity index (χ1n) is 14.2. The zero-order valence-corrected chi connectivity index (χ0v) is 25.1. The second kappa shape index (κ2) is 16.1. The molecule has 10 nitrogen and oxygen atoms in total. The third kappa shape index (κ3) is 9.54. The van der Waals surface area contributed by atoms with Gasteiger partial charge in [0.25, 0.3) is 5.91 Å². The van der Waals surface area contributed by atoms with Gasteiger partial charge in [-0.15, -0.1) is 0 Å². The quantitative estimate of drug-likeness (QED) is 0.306. The molecule has 0 spiro atoms. The van der Waals surface area contributed by atoms with E-state index in [1.54, 1.807) is 32.4 Å². The second-order valence-electron chi connectivity index (χ2n) is 10.6. The Labute approximate surface area is 243 Å². The topological polar surface area (TPSA) is 108 Å². The van der Waals surface area contributed by atoms with Gasteiger partial charge in [-0.1, -0.05) is 18.2 Å². The average Bonchev–Trinajstić information content (AvgIpc) is 3.38. The highest BCUT2D eigenvalue weighted by Crippen LogP contribution is 2.29. The van der Waals surface area contributed by atoms with Crippen LogP contribution in [0.2, 0.25) is 0 Å². The van der Waals surface area contributed by atoms with Crippen molar-refractivity contribution in [3.8, 4) is 17.2 Å². The van der Waals surface area contributed by atoms with E-state index in [4.69, 9.17) is 23.7 Å². The molecule has 2 aromatic carbocycles. The summed E-state index contributed by atoms with van der Waals surface area (Å²) in [5, 5.41) is 6.15. The summed E-state index contributed by atoms with van der Waals surface area (Å²) in [7, 11) is 3.21. The van der Waals surface area contributed by atoms with Crippen LogP contribution >= 0.6 is 0 Å². The monoisotopic (exact) mass is 571 g/mol. The number of nitrogens with one attached hydrogen (secondary N) is 2. The van der Waals surface area contributed by atoms with Gasteiger partial charge in [-0.3, -0.25) is 4.79 Å². The van der Waals surface area contributed by atoms with Gasteiger partial charge >= 0.3 is 6.09 Å². The van der Waals surface area contributed by atoms with Crippen LogP contribution in [0.25, 0.3) is 0 Å². The van der Waals surface area contributed by atoms with E-state index < -0.39 is 6.09 Å². The van der Waals surface area contributed by atoms with Crippen LogP contribution in [-0.2, 0) is 16.0 Å². The first-order valence-corrected chi connectivity index (χ1v) is 14.2. The van der Waals surface area contributed by atoms with Crippen molar-refractivity contribution < 1.29 is 33.3 Å². The molecule has 2 N–H and O–H groups in total. The number of amides is 2. The van der Waals surface area contributed by atoms with Gasteiger partial charge in [0.15, 0.2) is 11.5 Å². The summed E-state index contributed by atoms with van der Waals surface area (Å²) >= 11 is 0. The highest BCUT2D eigenvalue weighted by Gasteiger charge is 2.34. The number of methoxy groups -OCH3 is 2. The molecule has 1 saturated heterocycles. The fourth-order valence-electron chi connectivity index (χ4n) is 4.65. The maximum absolute atomic E-state index is 13.7. The standard InChI is InChI=1S/C31H45N3O7/c1-21(2)34(30(35)23-12-13-27(38-6)28(16-23)39-15-9-14-37-5)20-25-17-32-19-29(25)41-31(36)33-18-24-10-7-8-11-26(24)40-22(3)4/h7-8,10-13,16,21-22,25,29,32H,9,14-15,17-20H2,1-6H3,(H,33,36)/t25-,29+/m0/s1. The Kier molecular flexibility index (Phi) is 12.6. The van der Waals surface area contributed by atoms with Crippen molar-refractivity contribution in [2.75, 3.05) is 47.1 Å². The number of hydrogen-bond donors (Lipinski definition) is 2. The van der Waals surface area contributed by atoms with Gasteiger partial charge in [0.05, 0.1) is 19.8 Å². The number of rotatable bonds is 15. The third-order valence-corrected chi connectivity index (χ3v) is 6.77. The molecule has 0 bridgehead atoms. The van der Waals surface area contributed by atoms with Gasteiger partial charge in [-0.05, 0) is 52.0 Å². The smallest absolute Gasteiger partial charge is 0.407 e. The van der Waals surface area contributed by atoms with E-state index >= 15 is 0 Å². The van der Waals surface area contributed by atoms with Crippen LogP contribution in [0.1, 0.15) is 50.0 Å². The number of nitrogens with zero attached hydrogens (tertiary/aromatic N) is 1. The van der Waals surface area contributed by atoms with E-state index in [1.165, 1.54) is 0 Å². The number of para-hydroxylation sites is 1. The molecule has 0 aromatic heterocycles. The summed E-state index contributed by atoms with van der Waals surface area (Å²) in [5.41, 5.74) is 1.38. The van der Waals surface area contributed by atoms with Crippen LogP contribution in [0.15, 0.2) is 42.5 Å². The van der Waals surface area contributed by atoms with E-state index in [0.29, 0.717) is 49.9 Å². The molecular formula is C31H45N3O7. The van der Waals surface area contributed by atoms with Crippen molar-refractivity contribution in [3.05, 3.63) is 53.6 Å². The molecule has 2 atom stereocenters. The third-order valence-electron chi connectivity index (χ3n) is 6.77. The Morgan fingerprint density at radius 3 is 2.49 bits per heavy atom. The molecule has 1 aliphatic heterocycles. The molecule has 1 heterocycles. The Morgan fingerprint density at radius 2 is 1.78 bits per heavy atom. The molecule has 226 valence electrons. The molecule has 0 aliphatic carbocycles. The number of carbonyl (C=O) groups excluding carboxylic acids is 2. The SMILES string of the molecule is COCCCOc1cc(C(=O)N(C[C@@H]2CNC[C@H]2OC(=O)NCc2ccccc2OC(C)C)C(C)C)ccc1OC. The maximum Gasteiger partial charge on any atom is 0.407 e. The summed E-state index contributed by atoms with van der Waals surface area (Å²) in [6, 6.07) is 12.8. The number of carbonyl (C=O) groups is 2. The summed E-state index contributed by atoms with van der Waals surface area (Å²) in [6.45, 7) is 10.8. The van der Waals surface area contributed by atoms with Crippen molar-refractivity contribution in [1.29, 1.82) is 0 Å². The Hall–Kier alpha value is -3.50. The lowest BCUT2D eigenvalue weighted by molar-refractivity contribution is 0.0521. The number of alkyl carbamates (subject to hydrolysis) is 1. The minimum atomic E-state index is -0.504. The summed E-state index contributed by atoms with van der Waals surface area (Å²) in [4.78, 5) is 28.2. The molecule has 1 fully saturated rings. The van der Waals surface area contributed by atoms with E-state index in [9.17, 15) is 9.59 Å². The predicted octanol–water partition coefficient (Wildman–Crippen LogP) is 4.26. The molecule has 0 radical (unpaired) electrons. The first-order chi connectivity index (χ1) is 19.7. The van der Waals surface area contributed by atoms with Gasteiger partial charge in [0.2, 0.25) is 0 Å². The number of benzene rings is 2. The zero-order valence-electron chi connectivity index (χ0n) is 25.1. The van der Waals surface area contributed by atoms with Gasteiger partial charge in [-0.2, -0.15) is 0 Å². The first kappa shape index (κ1) is 32.0. The van der Waals surface area contributed by atoms with Gasteiger partial charge < -0.3 is 39.2 Å². The van der Waals surface area contributed by atoms with Crippen LogP contribution in [0.4, 0.5) is 4.79 Å². The average molecular weight is 572 g/mol. The lowest BCUT2D eigenvalue weighted by Gasteiger charge is -2.31. The molecule has 3 rings (SSSR count). The highest BCUT2D eigenvalue weighted by molar-refractivity contribution is 5.95. The van der Waals surface area contributed by atoms with E-state index in [0.717, 1.165) is 17.7 Å². The van der Waals surface area contributed by atoms with Crippen molar-refractivity contribution in [1.82, 2.24) is 15.5 Å². The fraction of sp³-hybridized carbons (Fsp3) is 0.548. The van der Waals surface area contributed by atoms with E-state index in [1.807, 2.05) is 56.9 Å². The van der Waals surface area contributed by atoms with E-state index in [-0.39, 0.29) is 36.6 Å². The Balaban J connectivity index is 1.63. The van der Waals surface area contributed by atoms with Crippen LogP contribution in [0.3, 0.4) is 0 Å². The van der Waals surface area contributed by atoms with Crippen molar-refractivity contribution in [2.45, 2.75) is 58.9 Å². The lowest BCUT2D eigenvalue weighted by atomic mass is 10.0. The molecule has 2 aromatic rings. The molecule has 1 aliphatic rings. The zero-order chi connectivity index (χ0) is 29.8. The molecule has 10 heteroatoms. The summed E-state index contributed by atoms with van der Waals surface area (Å²) in [6.07, 6.45) is -0.131.